The summed E-state index contributed by atoms with van der Waals surface area (Å²) in [4.78, 5) is 13.2. The molecular formula is C14H17F2NO2. The molecule has 1 saturated carbocycles. The molecule has 1 aromatic rings. The predicted molar refractivity (Wildman–Crippen MR) is 66.4 cm³/mol. The fourth-order valence-corrected chi connectivity index (χ4v) is 2.00. The molecule has 1 amide bonds. The molecule has 1 unspecified atom stereocenters. The normalized spacial score (nSPS) is 16.2. The minimum atomic E-state index is -0.980. The molecule has 1 aliphatic carbocycles. The number of rotatable bonds is 5. The first-order valence-electron chi connectivity index (χ1n) is 6.34. The Hall–Kier alpha value is -1.49. The van der Waals surface area contributed by atoms with Crippen LogP contribution in [0.4, 0.5) is 8.78 Å². The Labute approximate surface area is 110 Å². The summed E-state index contributed by atoms with van der Waals surface area (Å²) in [6, 6.07) is 3.78. The van der Waals surface area contributed by atoms with E-state index in [0.717, 1.165) is 18.9 Å². The van der Waals surface area contributed by atoms with Crippen molar-refractivity contribution in [1.29, 1.82) is 0 Å². The molecule has 0 aromatic heterocycles. The number of aliphatic hydroxyl groups is 1. The van der Waals surface area contributed by atoms with Gasteiger partial charge in [0.15, 0.2) is 11.6 Å². The van der Waals surface area contributed by atoms with Gasteiger partial charge in [0.05, 0.1) is 12.5 Å². The SMILES string of the molecule is CN(CC(O)C1CC1)C(=O)Cc1cccc(F)c1F. The number of likely N-dealkylation sites (N-methyl/N-ethyl adjacent to an activating group) is 1. The van der Waals surface area contributed by atoms with E-state index in [-0.39, 0.29) is 30.4 Å². The van der Waals surface area contributed by atoms with Crippen LogP contribution in [0, 0.1) is 17.6 Å². The molecule has 19 heavy (non-hydrogen) atoms. The summed E-state index contributed by atoms with van der Waals surface area (Å²) in [5.41, 5.74) is 0.0396. The lowest BCUT2D eigenvalue weighted by atomic mass is 10.1. The molecule has 3 nitrogen and oxygen atoms in total. The number of hydrogen-bond donors (Lipinski definition) is 1. The van der Waals surface area contributed by atoms with Gasteiger partial charge in [-0.05, 0) is 24.8 Å². The smallest absolute Gasteiger partial charge is 0.226 e. The molecule has 104 valence electrons. The monoisotopic (exact) mass is 269 g/mol. The topological polar surface area (TPSA) is 40.5 Å². The molecule has 2 rings (SSSR count). The van der Waals surface area contributed by atoms with Gasteiger partial charge in [-0.1, -0.05) is 12.1 Å². The van der Waals surface area contributed by atoms with Gasteiger partial charge in [-0.3, -0.25) is 4.79 Å². The van der Waals surface area contributed by atoms with Crippen molar-refractivity contribution in [2.75, 3.05) is 13.6 Å². The summed E-state index contributed by atoms with van der Waals surface area (Å²) in [7, 11) is 1.56. The second kappa shape index (κ2) is 5.65. The molecule has 0 radical (unpaired) electrons. The second-order valence-corrected chi connectivity index (χ2v) is 5.07. The molecule has 0 spiro atoms. The Morgan fingerprint density at radius 1 is 1.47 bits per heavy atom. The highest BCUT2D eigenvalue weighted by Gasteiger charge is 2.31. The van der Waals surface area contributed by atoms with Gasteiger partial charge in [-0.25, -0.2) is 8.78 Å². The highest BCUT2D eigenvalue weighted by molar-refractivity contribution is 5.78. The summed E-state index contributed by atoms with van der Waals surface area (Å²) in [5, 5.41) is 9.75. The number of halogens is 2. The van der Waals surface area contributed by atoms with Crippen molar-refractivity contribution in [3.05, 3.63) is 35.4 Å². The Kier molecular flexibility index (Phi) is 4.14. The summed E-state index contributed by atoms with van der Waals surface area (Å²) in [5.74, 6) is -1.98. The minimum absolute atomic E-state index is 0.0396. The lowest BCUT2D eigenvalue weighted by molar-refractivity contribution is -0.130. The van der Waals surface area contributed by atoms with Crippen LogP contribution < -0.4 is 0 Å². The van der Waals surface area contributed by atoms with Gasteiger partial charge in [0.25, 0.3) is 0 Å². The molecule has 1 atom stereocenters. The Morgan fingerprint density at radius 3 is 2.79 bits per heavy atom. The number of hydrogen-bond acceptors (Lipinski definition) is 2. The van der Waals surface area contributed by atoms with Crippen molar-refractivity contribution in [2.24, 2.45) is 5.92 Å². The zero-order valence-corrected chi connectivity index (χ0v) is 10.8. The van der Waals surface area contributed by atoms with E-state index in [1.165, 1.54) is 17.0 Å². The molecule has 1 fully saturated rings. The molecule has 5 heteroatoms. The van der Waals surface area contributed by atoms with Crippen LogP contribution in [0.2, 0.25) is 0 Å². The van der Waals surface area contributed by atoms with E-state index < -0.39 is 17.7 Å². The maximum atomic E-state index is 13.4. The zero-order valence-electron chi connectivity index (χ0n) is 10.8. The number of benzene rings is 1. The third-order valence-corrected chi connectivity index (χ3v) is 3.43. The summed E-state index contributed by atoms with van der Waals surface area (Å²) in [6.07, 6.45) is 1.26. The minimum Gasteiger partial charge on any atom is -0.391 e. The van der Waals surface area contributed by atoms with E-state index in [2.05, 4.69) is 0 Å². The van der Waals surface area contributed by atoms with Crippen LogP contribution in [0.5, 0.6) is 0 Å². The summed E-state index contributed by atoms with van der Waals surface area (Å²) >= 11 is 0. The molecular weight excluding hydrogens is 252 g/mol. The van der Waals surface area contributed by atoms with Gasteiger partial charge in [0.1, 0.15) is 0 Å². The predicted octanol–water partition coefficient (Wildman–Crippen LogP) is 1.74. The van der Waals surface area contributed by atoms with E-state index in [9.17, 15) is 18.7 Å². The maximum Gasteiger partial charge on any atom is 0.226 e. The summed E-state index contributed by atoms with van der Waals surface area (Å²) < 4.78 is 26.4. The van der Waals surface area contributed by atoms with Crippen LogP contribution in [-0.4, -0.2) is 35.6 Å². The first-order chi connectivity index (χ1) is 8.99. The van der Waals surface area contributed by atoms with Crippen molar-refractivity contribution in [1.82, 2.24) is 4.90 Å². The molecule has 1 N–H and O–H groups in total. The molecule has 1 aromatic carbocycles. The van der Waals surface area contributed by atoms with Crippen LogP contribution in [0.15, 0.2) is 18.2 Å². The lowest BCUT2D eigenvalue weighted by Crippen LogP contribution is -2.36. The van der Waals surface area contributed by atoms with E-state index in [1.54, 1.807) is 7.05 Å². The van der Waals surface area contributed by atoms with Crippen molar-refractivity contribution in [3.8, 4) is 0 Å². The van der Waals surface area contributed by atoms with Crippen molar-refractivity contribution in [2.45, 2.75) is 25.4 Å². The summed E-state index contributed by atoms with van der Waals surface area (Å²) in [6.45, 7) is 0.237. The number of aliphatic hydroxyl groups excluding tert-OH is 1. The average molecular weight is 269 g/mol. The molecule has 1 aliphatic rings. The van der Waals surface area contributed by atoms with E-state index in [0.29, 0.717) is 0 Å². The van der Waals surface area contributed by atoms with E-state index in [4.69, 9.17) is 0 Å². The number of carbonyl (C=O) groups is 1. The standard InChI is InChI=1S/C14H17F2NO2/c1-17(8-12(18)9-5-6-9)13(19)7-10-3-2-4-11(15)14(10)16/h2-4,9,12,18H,5-8H2,1H3. The fraction of sp³-hybridized carbons (Fsp3) is 0.500. The van der Waals surface area contributed by atoms with Crippen LogP contribution >= 0.6 is 0 Å². The molecule has 0 bridgehead atoms. The van der Waals surface area contributed by atoms with Crippen LogP contribution in [0.3, 0.4) is 0 Å². The largest absolute Gasteiger partial charge is 0.391 e. The third-order valence-electron chi connectivity index (χ3n) is 3.43. The Balaban J connectivity index is 1.94. The maximum absolute atomic E-state index is 13.4. The van der Waals surface area contributed by atoms with Crippen molar-refractivity contribution >= 4 is 5.91 Å². The zero-order chi connectivity index (χ0) is 14.0. The number of carbonyl (C=O) groups excluding carboxylic acids is 1. The second-order valence-electron chi connectivity index (χ2n) is 5.07. The van der Waals surface area contributed by atoms with Gasteiger partial charge in [0.2, 0.25) is 5.91 Å². The van der Waals surface area contributed by atoms with Gasteiger partial charge >= 0.3 is 0 Å². The quantitative estimate of drug-likeness (QED) is 0.884. The molecule has 0 heterocycles. The first-order valence-corrected chi connectivity index (χ1v) is 6.34. The number of nitrogens with zero attached hydrogens (tertiary/aromatic N) is 1. The Bertz CT molecular complexity index is 475. The van der Waals surface area contributed by atoms with Gasteiger partial charge in [-0.15, -0.1) is 0 Å². The Morgan fingerprint density at radius 2 is 2.16 bits per heavy atom. The van der Waals surface area contributed by atoms with Crippen LogP contribution in [0.25, 0.3) is 0 Å². The van der Waals surface area contributed by atoms with Crippen LogP contribution in [-0.2, 0) is 11.2 Å². The van der Waals surface area contributed by atoms with Crippen LogP contribution in [0.1, 0.15) is 18.4 Å². The van der Waals surface area contributed by atoms with Crippen molar-refractivity contribution < 1.29 is 18.7 Å². The fourth-order valence-electron chi connectivity index (χ4n) is 2.00. The first kappa shape index (κ1) is 13.9. The number of amides is 1. The van der Waals surface area contributed by atoms with Gasteiger partial charge in [0, 0.05) is 19.2 Å². The van der Waals surface area contributed by atoms with E-state index >= 15 is 0 Å². The van der Waals surface area contributed by atoms with Crippen molar-refractivity contribution in [3.63, 3.8) is 0 Å². The van der Waals surface area contributed by atoms with E-state index in [1.807, 2.05) is 0 Å². The third kappa shape index (κ3) is 3.50. The van der Waals surface area contributed by atoms with Gasteiger partial charge in [-0.2, -0.15) is 0 Å². The lowest BCUT2D eigenvalue weighted by Gasteiger charge is -2.21. The molecule has 0 saturated heterocycles. The highest BCUT2D eigenvalue weighted by Crippen LogP contribution is 2.32. The highest BCUT2D eigenvalue weighted by atomic mass is 19.2. The average Bonchev–Trinajstić information content (AvgIpc) is 3.18. The van der Waals surface area contributed by atoms with Gasteiger partial charge < -0.3 is 10.0 Å². The molecule has 0 aliphatic heterocycles.